The van der Waals surface area contributed by atoms with Gasteiger partial charge in [0.05, 0.1) is 17.1 Å². The molecule has 1 N–H and O–H groups in total. The third-order valence-corrected chi connectivity index (χ3v) is 6.88. The zero-order valence-electron chi connectivity index (χ0n) is 19.0. The van der Waals surface area contributed by atoms with Gasteiger partial charge in [0.1, 0.15) is 5.69 Å². The summed E-state index contributed by atoms with van der Waals surface area (Å²) in [5.74, 6) is -0.527. The lowest BCUT2D eigenvalue weighted by Crippen LogP contribution is -2.53. The third kappa shape index (κ3) is 4.34. The highest BCUT2D eigenvalue weighted by atomic mass is 19.4. The Bertz CT molecular complexity index is 1150. The molecule has 0 spiro atoms. The Morgan fingerprint density at radius 3 is 2.33 bits per heavy atom. The van der Waals surface area contributed by atoms with Gasteiger partial charge in [-0.15, -0.1) is 0 Å². The van der Waals surface area contributed by atoms with Crippen LogP contribution >= 0.6 is 0 Å². The number of halogens is 3. The van der Waals surface area contributed by atoms with Crippen LogP contribution in [0.15, 0.2) is 54.6 Å². The van der Waals surface area contributed by atoms with E-state index in [1.165, 1.54) is 0 Å². The number of likely N-dealkylation sites (N-methyl/N-ethyl adjacent to an activating group) is 1. The molecule has 4 rings (SSSR count). The fraction of sp³-hybridized carbons (Fsp3) is 0.385. The van der Waals surface area contributed by atoms with E-state index in [9.17, 15) is 18.0 Å². The van der Waals surface area contributed by atoms with E-state index in [0.717, 1.165) is 37.3 Å². The molecule has 1 aliphatic rings. The maximum Gasteiger partial charge on any atom is 0.433 e. The first-order chi connectivity index (χ1) is 15.6. The van der Waals surface area contributed by atoms with Crippen molar-refractivity contribution < 1.29 is 18.0 Å². The minimum absolute atomic E-state index is 0.0103. The maximum absolute atomic E-state index is 13.6. The Balaban J connectivity index is 1.83. The predicted octanol–water partition coefficient (Wildman–Crippen LogP) is 5.91. The largest absolute Gasteiger partial charge is 0.433 e. The summed E-state index contributed by atoms with van der Waals surface area (Å²) in [6.07, 6.45) is -0.797. The van der Waals surface area contributed by atoms with Crippen molar-refractivity contribution in [1.82, 2.24) is 15.2 Å². The van der Waals surface area contributed by atoms with Gasteiger partial charge in [0.25, 0.3) is 5.91 Å². The van der Waals surface area contributed by atoms with Crippen molar-refractivity contribution >= 4 is 16.8 Å². The van der Waals surface area contributed by atoms with Crippen molar-refractivity contribution in [1.29, 1.82) is 0 Å². The number of amides is 1. The molecule has 1 heterocycles. The van der Waals surface area contributed by atoms with E-state index in [1.54, 1.807) is 25.1 Å². The van der Waals surface area contributed by atoms with Gasteiger partial charge < -0.3 is 10.2 Å². The van der Waals surface area contributed by atoms with Crippen LogP contribution in [0.5, 0.6) is 0 Å². The quantitative estimate of drug-likeness (QED) is 0.520. The van der Waals surface area contributed by atoms with Crippen molar-refractivity contribution in [2.45, 2.75) is 50.4 Å². The summed E-state index contributed by atoms with van der Waals surface area (Å²) in [4.78, 5) is 19.6. The summed E-state index contributed by atoms with van der Waals surface area (Å²) in [5, 5.41) is 3.54. The van der Waals surface area contributed by atoms with Crippen LogP contribution < -0.4 is 5.32 Å². The fourth-order valence-electron chi connectivity index (χ4n) is 5.09. The second kappa shape index (κ2) is 8.78. The molecule has 0 bridgehead atoms. The zero-order valence-corrected chi connectivity index (χ0v) is 19.0. The molecule has 1 unspecified atom stereocenters. The Labute approximate surface area is 191 Å². The van der Waals surface area contributed by atoms with E-state index < -0.39 is 17.8 Å². The van der Waals surface area contributed by atoms with Crippen LogP contribution in [0.3, 0.4) is 0 Å². The van der Waals surface area contributed by atoms with Gasteiger partial charge in [0.15, 0.2) is 0 Å². The maximum atomic E-state index is 13.6. The smallest absolute Gasteiger partial charge is 0.343 e. The molecule has 174 valence electrons. The third-order valence-electron chi connectivity index (χ3n) is 6.88. The van der Waals surface area contributed by atoms with Crippen LogP contribution in [0.2, 0.25) is 0 Å². The highest BCUT2D eigenvalue weighted by Gasteiger charge is 2.45. The van der Waals surface area contributed by atoms with Gasteiger partial charge in [-0.3, -0.25) is 4.79 Å². The van der Waals surface area contributed by atoms with Gasteiger partial charge in [0, 0.05) is 10.9 Å². The van der Waals surface area contributed by atoms with E-state index in [1.807, 2.05) is 44.4 Å². The SMILES string of the molecule is Cc1cccc2c(C(=O)NC(c3ccccc3)C3(N(C)C)CCCC3)cc(C(F)(F)F)nc12. The molecule has 1 fully saturated rings. The second-order valence-corrected chi connectivity index (χ2v) is 9.05. The number of nitrogens with zero attached hydrogens (tertiary/aromatic N) is 2. The molecule has 1 atom stereocenters. The summed E-state index contributed by atoms with van der Waals surface area (Å²) in [6.45, 7) is 1.70. The van der Waals surface area contributed by atoms with Crippen molar-refractivity contribution in [3.63, 3.8) is 0 Å². The topological polar surface area (TPSA) is 45.2 Å². The second-order valence-electron chi connectivity index (χ2n) is 9.05. The van der Waals surface area contributed by atoms with Crippen LogP contribution in [0.4, 0.5) is 13.2 Å². The predicted molar refractivity (Wildman–Crippen MR) is 123 cm³/mol. The number of carbonyl (C=O) groups excluding carboxylic acids is 1. The number of aromatic nitrogens is 1. The molecule has 1 amide bonds. The Morgan fingerprint density at radius 2 is 1.73 bits per heavy atom. The molecule has 1 aromatic heterocycles. The molecule has 0 aliphatic heterocycles. The number of carbonyl (C=O) groups is 1. The number of alkyl halides is 3. The number of fused-ring (bicyclic) bond motifs is 1. The normalized spacial score (nSPS) is 16.8. The molecule has 7 heteroatoms. The molecule has 4 nitrogen and oxygen atoms in total. The van der Waals surface area contributed by atoms with E-state index in [4.69, 9.17) is 0 Å². The van der Waals surface area contributed by atoms with Crippen molar-refractivity contribution in [3.8, 4) is 0 Å². The molecular formula is C26H28F3N3O. The van der Waals surface area contributed by atoms with Gasteiger partial charge in [-0.2, -0.15) is 13.2 Å². The zero-order chi connectivity index (χ0) is 23.8. The number of pyridine rings is 1. The van der Waals surface area contributed by atoms with Gasteiger partial charge in [-0.25, -0.2) is 4.98 Å². The van der Waals surface area contributed by atoms with Crippen LogP contribution in [0.25, 0.3) is 10.9 Å². The number of benzene rings is 2. The molecule has 0 radical (unpaired) electrons. The first-order valence-electron chi connectivity index (χ1n) is 11.1. The fourth-order valence-corrected chi connectivity index (χ4v) is 5.09. The lowest BCUT2D eigenvalue weighted by Gasteiger charge is -2.44. The number of aryl methyl sites for hydroxylation is 1. The summed E-state index contributed by atoms with van der Waals surface area (Å²) < 4.78 is 40.9. The summed E-state index contributed by atoms with van der Waals surface area (Å²) >= 11 is 0. The number of hydrogen-bond donors (Lipinski definition) is 1. The average Bonchev–Trinajstić information content (AvgIpc) is 3.28. The van der Waals surface area contributed by atoms with Gasteiger partial charge in [0.2, 0.25) is 0 Å². The Morgan fingerprint density at radius 1 is 1.06 bits per heavy atom. The summed E-state index contributed by atoms with van der Waals surface area (Å²) in [7, 11) is 4.00. The van der Waals surface area contributed by atoms with E-state index >= 15 is 0 Å². The molecule has 2 aromatic carbocycles. The number of nitrogens with one attached hydrogen (secondary N) is 1. The lowest BCUT2D eigenvalue weighted by atomic mass is 9.82. The van der Waals surface area contributed by atoms with E-state index in [0.29, 0.717) is 10.9 Å². The first-order valence-corrected chi connectivity index (χ1v) is 11.1. The highest BCUT2D eigenvalue weighted by Crippen LogP contribution is 2.44. The Hall–Kier alpha value is -2.93. The number of hydrogen-bond acceptors (Lipinski definition) is 3. The van der Waals surface area contributed by atoms with Crippen LogP contribution in [0.1, 0.15) is 58.9 Å². The Kier molecular flexibility index (Phi) is 6.18. The van der Waals surface area contributed by atoms with Crippen LogP contribution in [-0.4, -0.2) is 35.4 Å². The summed E-state index contributed by atoms with van der Waals surface area (Å²) in [5.41, 5.74) is 0.331. The molecule has 3 aromatic rings. The van der Waals surface area contributed by atoms with Gasteiger partial charge >= 0.3 is 6.18 Å². The van der Waals surface area contributed by atoms with Crippen LogP contribution in [0, 0.1) is 6.92 Å². The van der Waals surface area contributed by atoms with E-state index in [-0.39, 0.29) is 22.7 Å². The lowest BCUT2D eigenvalue weighted by molar-refractivity contribution is -0.140. The van der Waals surface area contributed by atoms with Crippen LogP contribution in [-0.2, 0) is 6.18 Å². The minimum atomic E-state index is -4.65. The number of para-hydroxylation sites is 1. The number of rotatable bonds is 5. The first kappa shape index (κ1) is 23.2. The monoisotopic (exact) mass is 455 g/mol. The standard InChI is InChI=1S/C26H28F3N3O/c1-17-10-9-13-19-20(16-21(26(27,28)29)30-22(17)19)24(33)31-23(18-11-5-4-6-12-18)25(32(2)3)14-7-8-15-25/h4-6,9-13,16,23H,7-8,14-15H2,1-3H3,(H,31,33). The molecular weight excluding hydrogens is 427 g/mol. The average molecular weight is 456 g/mol. The molecule has 1 saturated carbocycles. The highest BCUT2D eigenvalue weighted by molar-refractivity contribution is 6.07. The van der Waals surface area contributed by atoms with Gasteiger partial charge in [-0.05, 0) is 51.1 Å². The minimum Gasteiger partial charge on any atom is -0.343 e. The molecule has 33 heavy (non-hydrogen) atoms. The van der Waals surface area contributed by atoms with Crippen molar-refractivity contribution in [2.24, 2.45) is 0 Å². The molecule has 1 aliphatic carbocycles. The van der Waals surface area contributed by atoms with E-state index in [2.05, 4.69) is 15.2 Å². The van der Waals surface area contributed by atoms with Crippen molar-refractivity contribution in [2.75, 3.05) is 14.1 Å². The molecule has 0 saturated heterocycles. The van der Waals surface area contributed by atoms with Gasteiger partial charge in [-0.1, -0.05) is 61.4 Å². The van der Waals surface area contributed by atoms with Crippen molar-refractivity contribution in [3.05, 3.63) is 77.0 Å². The summed E-state index contributed by atoms with van der Waals surface area (Å²) in [6, 6.07) is 15.3.